The smallest absolute Gasteiger partial charge is 0.264 e. The Morgan fingerprint density at radius 1 is 1.02 bits per heavy atom. The summed E-state index contributed by atoms with van der Waals surface area (Å²) in [5, 5.41) is 9.57. The van der Waals surface area contributed by atoms with Crippen molar-refractivity contribution in [3.8, 4) is 16.3 Å². The van der Waals surface area contributed by atoms with Gasteiger partial charge in [-0.1, -0.05) is 6.07 Å². The van der Waals surface area contributed by atoms with E-state index < -0.39 is 29.7 Å². The van der Waals surface area contributed by atoms with Crippen LogP contribution >= 0.6 is 11.3 Å². The minimum atomic E-state index is -0.985. The number of imide groups is 2. The third-order valence-electron chi connectivity index (χ3n) is 7.40. The van der Waals surface area contributed by atoms with Crippen molar-refractivity contribution in [2.45, 2.75) is 31.7 Å². The number of aromatic nitrogens is 1. The van der Waals surface area contributed by atoms with Crippen LogP contribution in [0.3, 0.4) is 0 Å². The SMILES string of the molecule is CNc1ccc(-c2nc3ccc(OCCCCNc4cccc5c4C(=O)N(C4CCC(=O)NC4=O)C5=O)cc3s2)cc1. The molecule has 1 atom stereocenters. The predicted molar refractivity (Wildman–Crippen MR) is 161 cm³/mol. The number of anilines is 2. The third-order valence-corrected chi connectivity index (χ3v) is 8.47. The molecule has 0 spiro atoms. The number of amides is 4. The number of thiazole rings is 1. The highest BCUT2D eigenvalue weighted by molar-refractivity contribution is 7.21. The first-order chi connectivity index (χ1) is 20.4. The number of fused-ring (bicyclic) bond motifs is 2. The molecule has 4 amide bonds. The molecule has 1 fully saturated rings. The monoisotopic (exact) mass is 583 g/mol. The van der Waals surface area contributed by atoms with E-state index in [9.17, 15) is 19.2 Å². The maximum atomic E-state index is 13.2. The second-order valence-electron chi connectivity index (χ2n) is 10.1. The predicted octanol–water partition coefficient (Wildman–Crippen LogP) is 4.68. The zero-order chi connectivity index (χ0) is 29.2. The Morgan fingerprint density at radius 3 is 2.64 bits per heavy atom. The molecular weight excluding hydrogens is 554 g/mol. The number of unbranched alkanes of at least 4 members (excludes halogenated alkanes) is 1. The average molecular weight is 584 g/mol. The average Bonchev–Trinajstić information content (AvgIpc) is 3.53. The first-order valence-electron chi connectivity index (χ1n) is 13.8. The maximum Gasteiger partial charge on any atom is 0.264 e. The second-order valence-corrected chi connectivity index (χ2v) is 11.2. The molecule has 1 aromatic heterocycles. The molecule has 2 aliphatic heterocycles. The quantitative estimate of drug-likeness (QED) is 0.181. The van der Waals surface area contributed by atoms with Crippen molar-refractivity contribution in [1.29, 1.82) is 0 Å². The van der Waals surface area contributed by atoms with Gasteiger partial charge in [0.2, 0.25) is 11.8 Å². The normalized spacial score (nSPS) is 16.5. The van der Waals surface area contributed by atoms with Gasteiger partial charge in [-0.2, -0.15) is 0 Å². The van der Waals surface area contributed by atoms with Gasteiger partial charge >= 0.3 is 0 Å². The van der Waals surface area contributed by atoms with Crippen molar-refractivity contribution in [1.82, 2.24) is 15.2 Å². The Morgan fingerprint density at radius 2 is 1.86 bits per heavy atom. The Labute approximate surface area is 246 Å². The van der Waals surface area contributed by atoms with Gasteiger partial charge in [0.15, 0.2) is 0 Å². The number of piperidine rings is 1. The number of benzene rings is 3. The van der Waals surface area contributed by atoms with Crippen LogP contribution in [-0.4, -0.2) is 59.8 Å². The minimum absolute atomic E-state index is 0.0850. The minimum Gasteiger partial charge on any atom is -0.494 e. The van der Waals surface area contributed by atoms with E-state index >= 15 is 0 Å². The lowest BCUT2D eigenvalue weighted by Gasteiger charge is -2.27. The first-order valence-corrected chi connectivity index (χ1v) is 14.6. The standard InChI is InChI=1S/C31H29N5O5S/c1-32-19-9-7-18(8-10-19)29-34-22-12-11-20(17-25(22)42-29)41-16-3-2-15-33-23-6-4-5-21-27(23)31(40)36(30(21)39)24-13-14-26(37)35-28(24)38/h4-12,17,24,32-33H,2-3,13-16H2,1H3,(H,35,37,38). The summed E-state index contributed by atoms with van der Waals surface area (Å²) < 4.78 is 7.05. The summed E-state index contributed by atoms with van der Waals surface area (Å²) in [6.07, 6.45) is 1.77. The van der Waals surface area contributed by atoms with Crippen molar-refractivity contribution in [2.75, 3.05) is 30.8 Å². The van der Waals surface area contributed by atoms with Crippen LogP contribution in [0.5, 0.6) is 5.75 Å². The maximum absolute atomic E-state index is 13.2. The number of carbonyl (C=O) groups is 4. The zero-order valence-electron chi connectivity index (χ0n) is 22.9. The topological polar surface area (TPSA) is 130 Å². The number of ether oxygens (including phenoxy) is 1. The lowest BCUT2D eigenvalue weighted by molar-refractivity contribution is -0.136. The molecule has 3 aromatic carbocycles. The number of rotatable bonds is 10. The van der Waals surface area contributed by atoms with Gasteiger partial charge in [-0.05, 0) is 73.9 Å². The molecule has 214 valence electrons. The Bertz CT molecular complexity index is 1700. The molecule has 0 aliphatic carbocycles. The number of nitrogens with zero attached hydrogens (tertiary/aromatic N) is 2. The lowest BCUT2D eigenvalue weighted by atomic mass is 10.0. The van der Waals surface area contributed by atoms with Crippen LogP contribution in [0.2, 0.25) is 0 Å². The van der Waals surface area contributed by atoms with Crippen molar-refractivity contribution in [3.63, 3.8) is 0 Å². The zero-order valence-corrected chi connectivity index (χ0v) is 23.8. The molecule has 1 unspecified atom stereocenters. The fourth-order valence-corrected chi connectivity index (χ4v) is 6.20. The molecule has 10 nitrogen and oxygen atoms in total. The summed E-state index contributed by atoms with van der Waals surface area (Å²) >= 11 is 1.63. The molecular formula is C31H29N5O5S. The molecule has 3 heterocycles. The van der Waals surface area contributed by atoms with E-state index in [1.807, 2.05) is 37.4 Å². The summed E-state index contributed by atoms with van der Waals surface area (Å²) in [5.74, 6) is -1.27. The Hall–Kier alpha value is -4.77. The van der Waals surface area contributed by atoms with E-state index in [1.165, 1.54) is 0 Å². The molecule has 0 bridgehead atoms. The van der Waals surface area contributed by atoms with E-state index in [4.69, 9.17) is 9.72 Å². The highest BCUT2D eigenvalue weighted by Crippen LogP contribution is 2.34. The lowest BCUT2D eigenvalue weighted by Crippen LogP contribution is -2.54. The van der Waals surface area contributed by atoms with Crippen LogP contribution in [0, 0.1) is 0 Å². The largest absolute Gasteiger partial charge is 0.494 e. The fourth-order valence-electron chi connectivity index (χ4n) is 5.20. The summed E-state index contributed by atoms with van der Waals surface area (Å²) in [6, 6.07) is 18.2. The fraction of sp³-hybridized carbons (Fsp3) is 0.258. The highest BCUT2D eigenvalue weighted by Gasteiger charge is 2.45. The number of nitrogens with one attached hydrogen (secondary N) is 3. The first kappa shape index (κ1) is 27.4. The Balaban J connectivity index is 1.02. The van der Waals surface area contributed by atoms with Gasteiger partial charge in [0.25, 0.3) is 11.8 Å². The molecule has 11 heteroatoms. The van der Waals surface area contributed by atoms with Crippen molar-refractivity contribution in [3.05, 3.63) is 71.8 Å². The Kier molecular flexibility index (Phi) is 7.58. The van der Waals surface area contributed by atoms with Gasteiger partial charge in [0, 0.05) is 37.0 Å². The van der Waals surface area contributed by atoms with Gasteiger partial charge in [-0.25, -0.2) is 4.98 Å². The van der Waals surface area contributed by atoms with Crippen LogP contribution in [0.25, 0.3) is 20.8 Å². The van der Waals surface area contributed by atoms with E-state index in [1.54, 1.807) is 29.5 Å². The highest BCUT2D eigenvalue weighted by atomic mass is 32.1. The number of carbonyl (C=O) groups excluding carboxylic acids is 4. The molecule has 0 saturated carbocycles. The summed E-state index contributed by atoms with van der Waals surface area (Å²) in [6.45, 7) is 1.10. The van der Waals surface area contributed by atoms with Gasteiger partial charge in [0.1, 0.15) is 16.8 Å². The van der Waals surface area contributed by atoms with Gasteiger partial charge in [0.05, 0.1) is 28.0 Å². The van der Waals surface area contributed by atoms with Crippen LogP contribution in [0.15, 0.2) is 60.7 Å². The molecule has 4 aromatic rings. The van der Waals surface area contributed by atoms with Crippen LogP contribution in [0.1, 0.15) is 46.4 Å². The molecule has 2 aliphatic rings. The number of hydrogen-bond donors (Lipinski definition) is 3. The van der Waals surface area contributed by atoms with Gasteiger partial charge in [-0.3, -0.25) is 29.4 Å². The summed E-state index contributed by atoms with van der Waals surface area (Å²) in [5.41, 5.74) is 4.13. The van der Waals surface area contributed by atoms with E-state index in [0.29, 0.717) is 18.8 Å². The van der Waals surface area contributed by atoms with Crippen LogP contribution < -0.4 is 20.7 Å². The van der Waals surface area contributed by atoms with Crippen molar-refractivity contribution < 1.29 is 23.9 Å². The van der Waals surface area contributed by atoms with Gasteiger partial charge < -0.3 is 15.4 Å². The summed E-state index contributed by atoms with van der Waals surface area (Å²) in [4.78, 5) is 55.8. The third kappa shape index (κ3) is 5.30. The summed E-state index contributed by atoms with van der Waals surface area (Å²) in [7, 11) is 1.89. The molecule has 42 heavy (non-hydrogen) atoms. The molecule has 6 rings (SSSR count). The van der Waals surface area contributed by atoms with E-state index in [0.717, 1.165) is 50.0 Å². The molecule has 1 saturated heterocycles. The van der Waals surface area contributed by atoms with E-state index in [-0.39, 0.29) is 24.0 Å². The van der Waals surface area contributed by atoms with Crippen molar-refractivity contribution >= 4 is 56.6 Å². The number of hydrogen-bond acceptors (Lipinski definition) is 9. The van der Waals surface area contributed by atoms with E-state index in [2.05, 4.69) is 28.1 Å². The molecule has 0 radical (unpaired) electrons. The van der Waals surface area contributed by atoms with Gasteiger partial charge in [-0.15, -0.1) is 11.3 Å². The van der Waals surface area contributed by atoms with Crippen LogP contribution in [-0.2, 0) is 9.59 Å². The second kappa shape index (κ2) is 11.6. The van der Waals surface area contributed by atoms with Crippen molar-refractivity contribution in [2.24, 2.45) is 0 Å². The molecule has 3 N–H and O–H groups in total. The van der Waals surface area contributed by atoms with Crippen LogP contribution in [0.4, 0.5) is 11.4 Å².